The highest BCUT2D eigenvalue weighted by atomic mass is 32.2. The first kappa shape index (κ1) is 46.3. The van der Waals surface area contributed by atoms with E-state index in [1.54, 1.807) is 12.1 Å². The topological polar surface area (TPSA) is 217 Å². The van der Waals surface area contributed by atoms with Crippen molar-refractivity contribution in [1.82, 2.24) is 5.32 Å². The predicted octanol–water partition coefficient (Wildman–Crippen LogP) is 3.62. The molecular formula is C41H65N3O10S. The maximum Gasteiger partial charge on any atom is 0.251 e. The zero-order chi connectivity index (χ0) is 40.8. The van der Waals surface area contributed by atoms with Crippen LogP contribution in [0.3, 0.4) is 0 Å². The number of hydrogen-bond donors (Lipinski definition) is 8. The molecule has 3 rings (SSSR count). The predicted molar refractivity (Wildman–Crippen MR) is 214 cm³/mol. The molecule has 1 heterocycles. The van der Waals surface area contributed by atoms with Gasteiger partial charge >= 0.3 is 0 Å². The van der Waals surface area contributed by atoms with Gasteiger partial charge in [-0.1, -0.05) is 77.3 Å². The monoisotopic (exact) mass is 791 g/mol. The summed E-state index contributed by atoms with van der Waals surface area (Å²) in [6.07, 6.45) is 1.85. The quantitative estimate of drug-likeness (QED) is 0.0761. The summed E-state index contributed by atoms with van der Waals surface area (Å²) in [6.45, 7) is 3.49. The number of amides is 2. The van der Waals surface area contributed by atoms with Crippen LogP contribution in [0, 0.1) is 5.41 Å². The highest BCUT2D eigenvalue weighted by molar-refractivity contribution is 7.91. The first-order valence-corrected chi connectivity index (χ1v) is 21.5. The Morgan fingerprint density at radius 2 is 1.55 bits per heavy atom. The van der Waals surface area contributed by atoms with Gasteiger partial charge in [-0.15, -0.1) is 0 Å². The average Bonchev–Trinajstić information content (AvgIpc) is 3.24. The van der Waals surface area contributed by atoms with E-state index in [2.05, 4.69) is 17.6 Å². The molecule has 0 aliphatic carbocycles. The van der Waals surface area contributed by atoms with Crippen LogP contribution in [-0.4, -0.2) is 114 Å². The molecule has 310 valence electrons. The maximum absolute atomic E-state index is 14.0. The van der Waals surface area contributed by atoms with E-state index in [9.17, 15) is 43.5 Å². The molecule has 2 aromatic carbocycles. The third-order valence-electron chi connectivity index (χ3n) is 11.0. The number of aliphatic hydroxyl groups excluding tert-OH is 6. The van der Waals surface area contributed by atoms with Gasteiger partial charge in [0.15, 0.2) is 15.9 Å². The highest BCUT2D eigenvalue weighted by Gasteiger charge is 2.49. The molecule has 0 bridgehead atoms. The first-order valence-electron chi connectivity index (χ1n) is 19.8. The summed E-state index contributed by atoms with van der Waals surface area (Å²) < 4.78 is 27.9. The molecule has 1 aliphatic rings. The van der Waals surface area contributed by atoms with Crippen molar-refractivity contribution in [3.8, 4) is 0 Å². The SMILES string of the molecule is CCCCC1(CC)CS(=O)(=O)c2ccc(N(C)C)cc2[C@@H](c2cccc(NC(=O)CCCCCCCCCCNC(=O)[C@H](O)[C@H](O)[C@H](O)[C@H](O)CO)c2)[C@H]1O. The standard InChI is InChI=1S/C41H65N3O10S/c1-5-7-22-41(6-2)27-55(53,54)33-21-20-30(44(3)4)25-31(33)35(39(41)51)28-17-16-18-29(24-28)43-34(47)19-14-12-10-8-9-11-13-15-23-42-40(52)38(50)37(49)36(48)32(46)26-45/h16-18,20-21,24-25,32,35-39,45-46,48-51H,5-15,19,22-23,26-27H2,1-4H3,(H,42,52)(H,43,47)/t32-,35-,36-,37-,38-,39-,41?/m1/s1. The number of nitrogens with zero attached hydrogens (tertiary/aromatic N) is 1. The Balaban J connectivity index is 1.51. The Morgan fingerprint density at radius 1 is 0.891 bits per heavy atom. The van der Waals surface area contributed by atoms with E-state index >= 15 is 0 Å². The lowest BCUT2D eigenvalue weighted by molar-refractivity contribution is -0.148. The number of anilines is 2. The van der Waals surface area contributed by atoms with Crippen LogP contribution in [0.5, 0.6) is 0 Å². The molecule has 2 aromatic rings. The Bertz CT molecular complexity index is 1620. The van der Waals surface area contributed by atoms with E-state index in [0.717, 1.165) is 69.0 Å². The molecule has 2 amide bonds. The van der Waals surface area contributed by atoms with E-state index in [-0.39, 0.29) is 23.1 Å². The minimum atomic E-state index is -3.71. The molecule has 0 saturated carbocycles. The summed E-state index contributed by atoms with van der Waals surface area (Å²) in [5.41, 5.74) is 1.94. The number of carbonyl (C=O) groups is 2. The van der Waals surface area contributed by atoms with Crippen LogP contribution in [0.4, 0.5) is 11.4 Å². The lowest BCUT2D eigenvalue weighted by atomic mass is 9.69. The highest BCUT2D eigenvalue weighted by Crippen LogP contribution is 2.49. The van der Waals surface area contributed by atoms with Crippen LogP contribution in [0.15, 0.2) is 47.4 Å². The van der Waals surface area contributed by atoms with Crippen molar-refractivity contribution >= 4 is 33.0 Å². The summed E-state index contributed by atoms with van der Waals surface area (Å²) in [5, 5.41) is 65.3. The molecule has 0 aromatic heterocycles. The van der Waals surface area contributed by atoms with Crippen molar-refractivity contribution in [2.75, 3.05) is 43.2 Å². The molecule has 7 atom stereocenters. The van der Waals surface area contributed by atoms with Crippen LogP contribution in [0.25, 0.3) is 0 Å². The first-order chi connectivity index (χ1) is 26.1. The number of fused-ring (bicyclic) bond motifs is 1. The van der Waals surface area contributed by atoms with Crippen molar-refractivity contribution in [3.63, 3.8) is 0 Å². The number of sulfone groups is 1. The minimum Gasteiger partial charge on any atom is -0.394 e. The van der Waals surface area contributed by atoms with Crippen molar-refractivity contribution in [3.05, 3.63) is 53.6 Å². The molecular weight excluding hydrogens is 727 g/mol. The summed E-state index contributed by atoms with van der Waals surface area (Å²) in [7, 11) is 0.0905. The molecule has 0 spiro atoms. The molecule has 0 radical (unpaired) electrons. The van der Waals surface area contributed by atoms with Gasteiger partial charge in [-0.2, -0.15) is 0 Å². The largest absolute Gasteiger partial charge is 0.394 e. The summed E-state index contributed by atoms with van der Waals surface area (Å²) in [6, 6.07) is 12.8. The molecule has 1 aliphatic heterocycles. The lowest BCUT2D eigenvalue weighted by Gasteiger charge is -2.39. The van der Waals surface area contributed by atoms with Gasteiger partial charge in [0, 0.05) is 49.8 Å². The van der Waals surface area contributed by atoms with Crippen molar-refractivity contribution in [2.24, 2.45) is 5.41 Å². The van der Waals surface area contributed by atoms with E-state index in [4.69, 9.17) is 5.11 Å². The fourth-order valence-electron chi connectivity index (χ4n) is 7.50. The molecule has 1 unspecified atom stereocenters. The van der Waals surface area contributed by atoms with Gasteiger partial charge in [-0.05, 0) is 67.1 Å². The fourth-order valence-corrected chi connectivity index (χ4v) is 9.75. The second-order valence-electron chi connectivity index (χ2n) is 15.3. The lowest BCUT2D eigenvalue weighted by Crippen LogP contribution is -2.51. The second-order valence-corrected chi connectivity index (χ2v) is 17.3. The van der Waals surface area contributed by atoms with Gasteiger partial charge in [0.25, 0.3) is 5.91 Å². The van der Waals surface area contributed by atoms with Gasteiger partial charge in [0.05, 0.1) is 23.4 Å². The normalized spacial score (nSPS) is 21.4. The van der Waals surface area contributed by atoms with Crippen LogP contribution < -0.4 is 15.5 Å². The number of hydrogen-bond acceptors (Lipinski definition) is 11. The van der Waals surface area contributed by atoms with Crippen molar-refractivity contribution in [2.45, 2.75) is 139 Å². The minimum absolute atomic E-state index is 0.110. The fraction of sp³-hybridized carbons (Fsp3) is 0.659. The maximum atomic E-state index is 14.0. The molecule has 0 fully saturated rings. The third-order valence-corrected chi connectivity index (χ3v) is 13.0. The zero-order valence-corrected chi connectivity index (χ0v) is 33.8. The number of rotatable bonds is 23. The van der Waals surface area contributed by atoms with E-state index < -0.39 is 64.2 Å². The molecule has 8 N–H and O–H groups in total. The van der Waals surface area contributed by atoms with Gasteiger partial charge < -0.3 is 46.2 Å². The van der Waals surface area contributed by atoms with Gasteiger partial charge in [-0.25, -0.2) is 8.42 Å². The number of nitrogens with one attached hydrogen (secondary N) is 2. The zero-order valence-electron chi connectivity index (χ0n) is 33.0. The number of carbonyl (C=O) groups excluding carboxylic acids is 2. The summed E-state index contributed by atoms with van der Waals surface area (Å²) in [5.74, 6) is -1.71. The van der Waals surface area contributed by atoms with E-state index in [1.807, 2.05) is 56.3 Å². The van der Waals surface area contributed by atoms with Crippen LogP contribution in [-0.2, 0) is 19.4 Å². The van der Waals surface area contributed by atoms with Gasteiger partial charge in [0.1, 0.15) is 18.3 Å². The Hall–Kier alpha value is -3.11. The van der Waals surface area contributed by atoms with Gasteiger partial charge in [-0.3, -0.25) is 9.59 Å². The molecule has 55 heavy (non-hydrogen) atoms. The average molecular weight is 792 g/mol. The van der Waals surface area contributed by atoms with Crippen molar-refractivity contribution in [1.29, 1.82) is 0 Å². The summed E-state index contributed by atoms with van der Waals surface area (Å²) in [4.78, 5) is 27.2. The van der Waals surface area contributed by atoms with E-state index in [1.165, 1.54) is 0 Å². The van der Waals surface area contributed by atoms with Crippen molar-refractivity contribution < 1.29 is 48.6 Å². The molecule has 0 saturated heterocycles. The van der Waals surface area contributed by atoms with Crippen LogP contribution in [0.2, 0.25) is 0 Å². The Morgan fingerprint density at radius 3 is 2.16 bits per heavy atom. The van der Waals surface area contributed by atoms with E-state index in [0.29, 0.717) is 36.9 Å². The van der Waals surface area contributed by atoms with Gasteiger partial charge in [0.2, 0.25) is 5.91 Å². The number of aliphatic hydroxyl groups is 6. The van der Waals surface area contributed by atoms with Crippen LogP contribution >= 0.6 is 0 Å². The molecule has 14 heteroatoms. The summed E-state index contributed by atoms with van der Waals surface area (Å²) >= 11 is 0. The third kappa shape index (κ3) is 12.7. The Labute approximate surface area is 327 Å². The molecule has 13 nitrogen and oxygen atoms in total. The second kappa shape index (κ2) is 22.0. The smallest absolute Gasteiger partial charge is 0.251 e. The number of benzene rings is 2. The Kier molecular flexibility index (Phi) is 18.5. The number of unbranched alkanes of at least 4 members (excludes halogenated alkanes) is 8. The van der Waals surface area contributed by atoms with Crippen LogP contribution in [0.1, 0.15) is 114 Å².